The molecule has 74 valence electrons. The van der Waals surface area contributed by atoms with Gasteiger partial charge in [0.1, 0.15) is 0 Å². The fourth-order valence-corrected chi connectivity index (χ4v) is 0.973. The van der Waals surface area contributed by atoms with E-state index in [9.17, 15) is 4.79 Å². The molecule has 1 aromatic carbocycles. The van der Waals surface area contributed by atoms with Gasteiger partial charge >= 0.3 is 5.97 Å². The van der Waals surface area contributed by atoms with Gasteiger partial charge in [0, 0.05) is 6.08 Å². The van der Waals surface area contributed by atoms with Crippen LogP contribution >= 0.6 is 0 Å². The zero-order valence-corrected chi connectivity index (χ0v) is 7.92. The maximum Gasteiger partial charge on any atom is 0.328 e. The quantitative estimate of drug-likeness (QED) is 0.599. The Morgan fingerprint density at radius 3 is 2.47 bits per heavy atom. The van der Waals surface area contributed by atoms with Gasteiger partial charge in [-0.05, 0) is 17.7 Å². The number of allylic oxidation sites excluding steroid dienone is 2. The van der Waals surface area contributed by atoms with E-state index in [1.54, 1.807) is 36.4 Å². The molecular formula is C12H9NO2. The molecule has 0 aliphatic carbocycles. The minimum atomic E-state index is -0.973. The molecule has 0 saturated carbocycles. The Morgan fingerprint density at radius 2 is 1.93 bits per heavy atom. The van der Waals surface area contributed by atoms with E-state index < -0.39 is 5.97 Å². The van der Waals surface area contributed by atoms with Gasteiger partial charge < -0.3 is 5.11 Å². The van der Waals surface area contributed by atoms with E-state index in [0.717, 1.165) is 11.6 Å². The van der Waals surface area contributed by atoms with Crippen molar-refractivity contribution in [3.63, 3.8) is 0 Å². The summed E-state index contributed by atoms with van der Waals surface area (Å²) in [6, 6.07) is 9.03. The second-order valence-corrected chi connectivity index (χ2v) is 2.79. The third-order valence-electron chi connectivity index (χ3n) is 1.68. The molecule has 0 atom stereocenters. The van der Waals surface area contributed by atoms with Crippen LogP contribution in [0.5, 0.6) is 0 Å². The molecule has 0 aliphatic heterocycles. The van der Waals surface area contributed by atoms with Crippen LogP contribution in [-0.4, -0.2) is 11.1 Å². The lowest BCUT2D eigenvalue weighted by Gasteiger charge is -1.91. The number of benzene rings is 1. The fourth-order valence-electron chi connectivity index (χ4n) is 0.973. The molecule has 3 heteroatoms. The molecule has 1 rings (SSSR count). The van der Waals surface area contributed by atoms with Crippen LogP contribution in [0.2, 0.25) is 0 Å². The zero-order valence-electron chi connectivity index (χ0n) is 7.92. The van der Waals surface area contributed by atoms with Gasteiger partial charge in [0.25, 0.3) is 0 Å². The topological polar surface area (TPSA) is 61.1 Å². The number of carboxylic acids is 1. The van der Waals surface area contributed by atoms with Gasteiger partial charge in [0.05, 0.1) is 11.6 Å². The molecule has 0 aliphatic rings. The molecule has 0 bridgehead atoms. The number of rotatable bonds is 3. The summed E-state index contributed by atoms with van der Waals surface area (Å²) < 4.78 is 0. The summed E-state index contributed by atoms with van der Waals surface area (Å²) in [7, 11) is 0. The molecule has 1 aromatic rings. The minimum Gasteiger partial charge on any atom is -0.478 e. The van der Waals surface area contributed by atoms with Crippen LogP contribution in [0, 0.1) is 11.3 Å². The van der Waals surface area contributed by atoms with E-state index >= 15 is 0 Å². The van der Waals surface area contributed by atoms with Crippen molar-refractivity contribution in [3.8, 4) is 6.07 Å². The van der Waals surface area contributed by atoms with Crippen molar-refractivity contribution < 1.29 is 9.90 Å². The predicted octanol–water partition coefficient (Wildman–Crippen LogP) is 2.21. The Balaban J connectivity index is 2.66. The Morgan fingerprint density at radius 1 is 1.27 bits per heavy atom. The van der Waals surface area contributed by atoms with E-state index in [-0.39, 0.29) is 0 Å². The molecule has 0 spiro atoms. The van der Waals surface area contributed by atoms with Gasteiger partial charge in [0.15, 0.2) is 0 Å². The van der Waals surface area contributed by atoms with Crippen molar-refractivity contribution in [1.82, 2.24) is 0 Å². The summed E-state index contributed by atoms with van der Waals surface area (Å²) in [5.74, 6) is -0.973. The van der Waals surface area contributed by atoms with Crippen LogP contribution in [0.1, 0.15) is 11.1 Å². The molecule has 0 radical (unpaired) electrons. The van der Waals surface area contributed by atoms with E-state index in [0.29, 0.717) is 5.56 Å². The minimum absolute atomic E-state index is 0.605. The number of aliphatic carboxylic acids is 1. The van der Waals surface area contributed by atoms with Gasteiger partial charge in [-0.2, -0.15) is 5.26 Å². The van der Waals surface area contributed by atoms with Gasteiger partial charge in [-0.15, -0.1) is 0 Å². The maximum absolute atomic E-state index is 10.1. The lowest BCUT2D eigenvalue weighted by atomic mass is 10.1. The monoisotopic (exact) mass is 199 g/mol. The second kappa shape index (κ2) is 5.40. The first-order valence-electron chi connectivity index (χ1n) is 4.30. The van der Waals surface area contributed by atoms with Crippen LogP contribution in [0.25, 0.3) is 6.08 Å². The average Bonchev–Trinajstić information content (AvgIpc) is 2.25. The van der Waals surface area contributed by atoms with Crippen LogP contribution in [0.3, 0.4) is 0 Å². The highest BCUT2D eigenvalue weighted by molar-refractivity contribution is 5.80. The molecule has 0 heterocycles. The van der Waals surface area contributed by atoms with Crippen LogP contribution in [0.15, 0.2) is 42.5 Å². The lowest BCUT2D eigenvalue weighted by molar-refractivity contribution is -0.131. The van der Waals surface area contributed by atoms with Crippen molar-refractivity contribution in [2.24, 2.45) is 0 Å². The summed E-state index contributed by atoms with van der Waals surface area (Å²) in [6.45, 7) is 0. The summed E-state index contributed by atoms with van der Waals surface area (Å²) >= 11 is 0. The third-order valence-corrected chi connectivity index (χ3v) is 1.68. The summed E-state index contributed by atoms with van der Waals surface area (Å²) in [5, 5.41) is 16.9. The average molecular weight is 199 g/mol. The molecule has 3 nitrogen and oxygen atoms in total. The Labute approximate surface area is 87.6 Å². The van der Waals surface area contributed by atoms with Crippen LogP contribution in [-0.2, 0) is 4.79 Å². The molecule has 0 fully saturated rings. The second-order valence-electron chi connectivity index (χ2n) is 2.79. The van der Waals surface area contributed by atoms with Crippen molar-refractivity contribution in [2.75, 3.05) is 0 Å². The maximum atomic E-state index is 10.1. The Kier molecular flexibility index (Phi) is 3.87. The molecular weight excluding hydrogens is 190 g/mol. The molecule has 0 aromatic heterocycles. The summed E-state index contributed by atoms with van der Waals surface area (Å²) in [6.07, 6.45) is 5.90. The highest BCUT2D eigenvalue weighted by Gasteiger charge is 1.88. The van der Waals surface area contributed by atoms with Gasteiger partial charge in [-0.1, -0.05) is 30.4 Å². The first-order valence-corrected chi connectivity index (χ1v) is 4.30. The predicted molar refractivity (Wildman–Crippen MR) is 57.0 cm³/mol. The standard InChI is InChI=1S/C12H9NO2/c13-9-11-7-5-10(6-8-11)3-1-2-4-12(14)15/h1-8H,(H,14,15). The van der Waals surface area contributed by atoms with Crippen molar-refractivity contribution in [2.45, 2.75) is 0 Å². The van der Waals surface area contributed by atoms with E-state index in [2.05, 4.69) is 0 Å². The summed E-state index contributed by atoms with van der Waals surface area (Å²) in [5.41, 5.74) is 1.53. The van der Waals surface area contributed by atoms with Gasteiger partial charge in [-0.25, -0.2) is 4.79 Å². The number of carboxylic acid groups (broad SMARTS) is 1. The zero-order chi connectivity index (χ0) is 11.1. The number of hydrogen-bond donors (Lipinski definition) is 1. The van der Waals surface area contributed by atoms with Gasteiger partial charge in [0.2, 0.25) is 0 Å². The smallest absolute Gasteiger partial charge is 0.328 e. The SMILES string of the molecule is N#Cc1ccc(C=CC=CC(=O)O)cc1. The number of hydrogen-bond acceptors (Lipinski definition) is 2. The van der Waals surface area contributed by atoms with E-state index in [1.165, 1.54) is 6.08 Å². The number of carbonyl (C=O) groups is 1. The fraction of sp³-hybridized carbons (Fsp3) is 0. The normalized spacial score (nSPS) is 10.6. The summed E-state index contributed by atoms with van der Waals surface area (Å²) in [4.78, 5) is 10.1. The molecule has 15 heavy (non-hydrogen) atoms. The number of nitriles is 1. The first-order chi connectivity index (χ1) is 7.22. The van der Waals surface area contributed by atoms with E-state index in [1.807, 2.05) is 6.07 Å². The largest absolute Gasteiger partial charge is 0.478 e. The molecule has 1 N–H and O–H groups in total. The first kappa shape index (κ1) is 10.7. The van der Waals surface area contributed by atoms with Gasteiger partial charge in [-0.3, -0.25) is 0 Å². The number of nitrogens with zero attached hydrogens (tertiary/aromatic N) is 1. The van der Waals surface area contributed by atoms with Crippen molar-refractivity contribution in [1.29, 1.82) is 5.26 Å². The van der Waals surface area contributed by atoms with Crippen LogP contribution in [0.4, 0.5) is 0 Å². The molecule has 0 unspecified atom stereocenters. The van der Waals surface area contributed by atoms with Crippen molar-refractivity contribution in [3.05, 3.63) is 53.6 Å². The third kappa shape index (κ3) is 3.92. The highest BCUT2D eigenvalue weighted by Crippen LogP contribution is 2.04. The molecule has 0 amide bonds. The van der Waals surface area contributed by atoms with E-state index in [4.69, 9.17) is 10.4 Å². The molecule has 0 saturated heterocycles. The Bertz CT molecular complexity index is 436. The highest BCUT2D eigenvalue weighted by atomic mass is 16.4. The van der Waals surface area contributed by atoms with Crippen LogP contribution < -0.4 is 0 Å². The lowest BCUT2D eigenvalue weighted by Crippen LogP contribution is -1.84. The Hall–Kier alpha value is -2.34. The van der Waals surface area contributed by atoms with Crippen molar-refractivity contribution >= 4 is 12.0 Å².